The summed E-state index contributed by atoms with van der Waals surface area (Å²) >= 11 is 0. The highest BCUT2D eigenvalue weighted by Gasteiger charge is 2.34. The molecule has 0 aliphatic heterocycles. The van der Waals surface area contributed by atoms with Crippen LogP contribution in [-0.2, 0) is 5.41 Å². The van der Waals surface area contributed by atoms with E-state index >= 15 is 0 Å². The molecular weight excluding hydrogens is 262 g/mol. The fraction of sp³-hybridized carbons (Fsp3) is 0.688. The largest absolute Gasteiger partial charge is 0.368 e. The number of anilines is 1. The van der Waals surface area contributed by atoms with E-state index < -0.39 is 0 Å². The Morgan fingerprint density at radius 1 is 1.24 bits per heavy atom. The Kier molecular flexibility index (Phi) is 3.38. The summed E-state index contributed by atoms with van der Waals surface area (Å²) in [6.45, 7) is 9.69. The molecule has 1 aliphatic carbocycles. The van der Waals surface area contributed by atoms with E-state index in [1.54, 1.807) is 0 Å². The van der Waals surface area contributed by atoms with E-state index in [0.29, 0.717) is 5.41 Å². The van der Waals surface area contributed by atoms with Gasteiger partial charge in [-0.25, -0.2) is 0 Å². The summed E-state index contributed by atoms with van der Waals surface area (Å²) in [5, 5.41) is 16.7. The van der Waals surface area contributed by atoms with Crippen LogP contribution in [0.25, 0.3) is 5.65 Å². The van der Waals surface area contributed by atoms with Gasteiger partial charge < -0.3 is 5.32 Å². The molecule has 0 atom stereocenters. The van der Waals surface area contributed by atoms with Gasteiger partial charge in [0.2, 0.25) is 0 Å². The van der Waals surface area contributed by atoms with Crippen molar-refractivity contribution in [3.8, 4) is 0 Å². The van der Waals surface area contributed by atoms with Crippen molar-refractivity contribution in [1.29, 1.82) is 0 Å². The number of fused-ring (bicyclic) bond motifs is 1. The van der Waals surface area contributed by atoms with Crippen molar-refractivity contribution in [3.63, 3.8) is 0 Å². The molecule has 1 saturated carbocycles. The first kappa shape index (κ1) is 14.3. The monoisotopic (exact) mass is 287 g/mol. The average molecular weight is 287 g/mol. The van der Waals surface area contributed by atoms with Gasteiger partial charge in [-0.3, -0.25) is 0 Å². The van der Waals surface area contributed by atoms with Crippen LogP contribution < -0.4 is 5.32 Å². The van der Waals surface area contributed by atoms with Gasteiger partial charge in [0, 0.05) is 12.0 Å². The molecule has 1 N–H and O–H groups in total. The zero-order valence-corrected chi connectivity index (χ0v) is 13.5. The third-order valence-corrected chi connectivity index (χ3v) is 4.74. The first-order chi connectivity index (χ1) is 9.93. The van der Waals surface area contributed by atoms with Crippen LogP contribution in [0.4, 0.5) is 5.82 Å². The zero-order chi connectivity index (χ0) is 15.1. The molecule has 0 spiro atoms. The highest BCUT2D eigenvalue weighted by atomic mass is 15.4. The van der Waals surface area contributed by atoms with Crippen molar-refractivity contribution in [2.24, 2.45) is 5.41 Å². The van der Waals surface area contributed by atoms with Gasteiger partial charge in [-0.2, -0.15) is 4.52 Å². The van der Waals surface area contributed by atoms with Crippen LogP contribution in [0.15, 0.2) is 12.1 Å². The molecule has 2 aromatic rings. The zero-order valence-electron chi connectivity index (χ0n) is 13.5. The summed E-state index contributed by atoms with van der Waals surface area (Å²) in [5.41, 5.74) is 1.22. The van der Waals surface area contributed by atoms with Gasteiger partial charge in [0.1, 0.15) is 5.82 Å². The first-order valence-electron chi connectivity index (χ1n) is 7.90. The third kappa shape index (κ3) is 2.61. The molecule has 0 amide bonds. The molecular formula is C16H25N5. The second-order valence-electron chi connectivity index (χ2n) is 7.32. The topological polar surface area (TPSA) is 55.1 Å². The molecule has 21 heavy (non-hydrogen) atoms. The van der Waals surface area contributed by atoms with E-state index in [1.165, 1.54) is 25.7 Å². The average Bonchev–Trinajstić information content (AvgIpc) is 2.81. The number of hydrogen-bond acceptors (Lipinski definition) is 4. The normalized spacial score (nSPS) is 17.7. The van der Waals surface area contributed by atoms with Gasteiger partial charge in [0.15, 0.2) is 11.5 Å². The van der Waals surface area contributed by atoms with E-state index in [1.807, 2.05) is 16.6 Å². The molecule has 3 rings (SSSR count). The summed E-state index contributed by atoms with van der Waals surface area (Å²) in [6, 6.07) is 3.98. The van der Waals surface area contributed by atoms with E-state index in [9.17, 15) is 0 Å². The lowest BCUT2D eigenvalue weighted by Crippen LogP contribution is -2.36. The van der Waals surface area contributed by atoms with Crippen molar-refractivity contribution >= 4 is 11.5 Å². The fourth-order valence-corrected chi connectivity index (χ4v) is 2.96. The van der Waals surface area contributed by atoms with Crippen LogP contribution in [0.1, 0.15) is 59.2 Å². The summed E-state index contributed by atoms with van der Waals surface area (Å²) in [4.78, 5) is 0. The number of rotatable bonds is 4. The Balaban J connectivity index is 1.83. The molecule has 0 unspecified atom stereocenters. The van der Waals surface area contributed by atoms with Gasteiger partial charge in [-0.15, -0.1) is 15.3 Å². The smallest absolute Gasteiger partial charge is 0.178 e. The van der Waals surface area contributed by atoms with E-state index in [2.05, 4.69) is 48.3 Å². The lowest BCUT2D eigenvalue weighted by Gasteiger charge is -2.41. The Hall–Kier alpha value is -1.65. The van der Waals surface area contributed by atoms with Crippen LogP contribution in [-0.4, -0.2) is 26.4 Å². The molecule has 2 aromatic heterocycles. The molecule has 114 valence electrons. The van der Waals surface area contributed by atoms with E-state index in [0.717, 1.165) is 23.8 Å². The number of hydrogen-bond donors (Lipinski definition) is 1. The SMILES string of the molecule is CCC1(CNc2ccc3nnc(C(C)(C)C)n3n2)CCC1. The fourth-order valence-electron chi connectivity index (χ4n) is 2.96. The Morgan fingerprint density at radius 2 is 2.00 bits per heavy atom. The minimum atomic E-state index is -0.0658. The van der Waals surface area contributed by atoms with Crippen LogP contribution in [0.3, 0.4) is 0 Å². The van der Waals surface area contributed by atoms with Crippen molar-refractivity contribution in [1.82, 2.24) is 19.8 Å². The van der Waals surface area contributed by atoms with Crippen LogP contribution >= 0.6 is 0 Å². The highest BCUT2D eigenvalue weighted by molar-refractivity contribution is 5.44. The molecule has 0 bridgehead atoms. The molecule has 1 aliphatic rings. The Morgan fingerprint density at radius 3 is 2.57 bits per heavy atom. The van der Waals surface area contributed by atoms with Crippen LogP contribution in [0, 0.1) is 5.41 Å². The Labute approximate surface area is 126 Å². The standard InChI is InChI=1S/C16H25N5/c1-5-16(9-6-10-16)11-17-12-7-8-13-18-19-14(15(2,3)4)21(13)20-12/h7-8H,5-6,9-11H2,1-4H3,(H,17,20). The summed E-state index contributed by atoms with van der Waals surface area (Å²) in [7, 11) is 0. The molecule has 0 saturated heterocycles. The van der Waals surface area contributed by atoms with Gasteiger partial charge >= 0.3 is 0 Å². The van der Waals surface area contributed by atoms with Crippen molar-refractivity contribution in [3.05, 3.63) is 18.0 Å². The quantitative estimate of drug-likeness (QED) is 0.936. The molecule has 0 aromatic carbocycles. The lowest BCUT2D eigenvalue weighted by molar-refractivity contribution is 0.145. The van der Waals surface area contributed by atoms with E-state index in [4.69, 9.17) is 0 Å². The number of nitrogens with one attached hydrogen (secondary N) is 1. The van der Waals surface area contributed by atoms with Crippen molar-refractivity contribution in [2.75, 3.05) is 11.9 Å². The van der Waals surface area contributed by atoms with Crippen molar-refractivity contribution < 1.29 is 0 Å². The van der Waals surface area contributed by atoms with Gasteiger partial charge in [0.05, 0.1) is 0 Å². The summed E-state index contributed by atoms with van der Waals surface area (Å²) in [6.07, 6.45) is 5.26. The minimum Gasteiger partial charge on any atom is -0.368 e. The third-order valence-electron chi connectivity index (χ3n) is 4.74. The van der Waals surface area contributed by atoms with E-state index in [-0.39, 0.29) is 5.41 Å². The predicted molar refractivity (Wildman–Crippen MR) is 84.5 cm³/mol. The number of nitrogens with zero attached hydrogens (tertiary/aromatic N) is 4. The van der Waals surface area contributed by atoms with Gasteiger partial charge in [0.25, 0.3) is 0 Å². The number of aromatic nitrogens is 4. The summed E-state index contributed by atoms with van der Waals surface area (Å²) < 4.78 is 1.86. The molecule has 5 nitrogen and oxygen atoms in total. The first-order valence-corrected chi connectivity index (χ1v) is 7.90. The molecule has 0 radical (unpaired) electrons. The van der Waals surface area contributed by atoms with Gasteiger partial charge in [-0.1, -0.05) is 34.1 Å². The maximum Gasteiger partial charge on any atom is 0.178 e. The maximum atomic E-state index is 4.68. The minimum absolute atomic E-state index is 0.0658. The maximum absolute atomic E-state index is 4.68. The second-order valence-corrected chi connectivity index (χ2v) is 7.32. The van der Waals surface area contributed by atoms with Crippen LogP contribution in [0.2, 0.25) is 0 Å². The highest BCUT2D eigenvalue weighted by Crippen LogP contribution is 2.43. The lowest BCUT2D eigenvalue weighted by atomic mass is 9.67. The molecule has 5 heteroatoms. The second kappa shape index (κ2) is 4.97. The van der Waals surface area contributed by atoms with Gasteiger partial charge in [-0.05, 0) is 36.8 Å². The van der Waals surface area contributed by atoms with Crippen LogP contribution in [0.5, 0.6) is 0 Å². The Bertz CT molecular complexity index is 628. The molecule has 2 heterocycles. The summed E-state index contributed by atoms with van der Waals surface area (Å²) in [5.74, 6) is 1.81. The predicted octanol–water partition coefficient (Wildman–Crippen LogP) is 3.41. The van der Waals surface area contributed by atoms with Crippen molar-refractivity contribution in [2.45, 2.75) is 58.8 Å². The molecule has 1 fully saturated rings.